The van der Waals surface area contributed by atoms with Gasteiger partial charge in [0.15, 0.2) is 5.41 Å². The number of ether oxygens (including phenoxy) is 1. The summed E-state index contributed by atoms with van der Waals surface area (Å²) in [4.78, 5) is 11.4. The molecule has 0 aromatic carbocycles. The second kappa shape index (κ2) is 3.81. The van der Waals surface area contributed by atoms with Gasteiger partial charge in [-0.25, -0.2) is 8.42 Å². The second-order valence-electron chi connectivity index (χ2n) is 3.80. The van der Waals surface area contributed by atoms with E-state index in [1.54, 1.807) is 6.92 Å². The van der Waals surface area contributed by atoms with Crippen LogP contribution in [0.5, 0.6) is 0 Å². The molecule has 0 bridgehead atoms. The molecule has 0 amide bonds. The molecule has 2 atom stereocenters. The predicted octanol–water partition coefficient (Wildman–Crippen LogP) is 0.124. The van der Waals surface area contributed by atoms with Crippen molar-refractivity contribution in [3.63, 3.8) is 0 Å². The first-order valence-electron chi connectivity index (χ1n) is 4.62. The lowest BCUT2D eigenvalue weighted by Gasteiger charge is -2.06. The predicted molar refractivity (Wildman–Crippen MR) is 52.5 cm³/mol. The van der Waals surface area contributed by atoms with Crippen molar-refractivity contribution in [1.29, 1.82) is 5.26 Å². The van der Waals surface area contributed by atoms with E-state index in [0.29, 0.717) is 0 Å². The molecular formula is C9H13NO4S. The number of rotatable bonds is 4. The molecule has 5 nitrogen and oxygen atoms in total. The first kappa shape index (κ1) is 12.0. The third kappa shape index (κ3) is 2.48. The fourth-order valence-electron chi connectivity index (χ4n) is 1.59. The fraction of sp³-hybridized carbons (Fsp3) is 0.778. The van der Waals surface area contributed by atoms with Gasteiger partial charge >= 0.3 is 5.97 Å². The Labute approximate surface area is 88.9 Å². The lowest BCUT2D eigenvalue weighted by Crippen LogP contribution is -2.22. The van der Waals surface area contributed by atoms with Crippen molar-refractivity contribution in [1.82, 2.24) is 0 Å². The highest BCUT2D eigenvalue weighted by Gasteiger charge is 2.63. The summed E-state index contributed by atoms with van der Waals surface area (Å²) in [7, 11) is -3.15. The number of sulfone groups is 1. The topological polar surface area (TPSA) is 84.2 Å². The maximum Gasteiger partial charge on any atom is 0.326 e. The SMILES string of the molecule is CCOC(=O)[C@]1(C#N)C[C@H]1CS(C)(=O)=O. The van der Waals surface area contributed by atoms with Crippen molar-refractivity contribution in [3.8, 4) is 6.07 Å². The van der Waals surface area contributed by atoms with Gasteiger partial charge in [-0.1, -0.05) is 0 Å². The number of nitriles is 1. The average Bonchev–Trinajstić information content (AvgIpc) is 2.77. The summed E-state index contributed by atoms with van der Waals surface area (Å²) in [6, 6.07) is 1.87. The van der Waals surface area contributed by atoms with Crippen LogP contribution in [0.15, 0.2) is 0 Å². The molecular weight excluding hydrogens is 218 g/mol. The van der Waals surface area contributed by atoms with Gasteiger partial charge in [0.05, 0.1) is 18.4 Å². The van der Waals surface area contributed by atoms with Crippen molar-refractivity contribution in [2.24, 2.45) is 11.3 Å². The molecule has 0 heterocycles. The highest BCUT2D eigenvalue weighted by molar-refractivity contribution is 7.90. The minimum Gasteiger partial charge on any atom is -0.465 e. The van der Waals surface area contributed by atoms with Gasteiger partial charge in [0.25, 0.3) is 0 Å². The van der Waals surface area contributed by atoms with E-state index in [4.69, 9.17) is 10.00 Å². The Balaban J connectivity index is 2.71. The van der Waals surface area contributed by atoms with Gasteiger partial charge in [0.2, 0.25) is 0 Å². The maximum absolute atomic E-state index is 11.4. The van der Waals surface area contributed by atoms with Crippen molar-refractivity contribution >= 4 is 15.8 Å². The summed E-state index contributed by atoms with van der Waals surface area (Å²) >= 11 is 0. The standard InChI is InChI=1S/C9H13NO4S/c1-3-14-8(11)9(6-10)4-7(9)5-15(2,12)13/h7H,3-5H2,1-2H3/t7-,9-/m0/s1. The number of esters is 1. The Hall–Kier alpha value is -1.09. The number of hydrogen-bond donors (Lipinski definition) is 0. The first-order valence-corrected chi connectivity index (χ1v) is 6.68. The van der Waals surface area contributed by atoms with Gasteiger partial charge in [-0.2, -0.15) is 5.26 Å². The van der Waals surface area contributed by atoms with Gasteiger partial charge in [0, 0.05) is 12.2 Å². The van der Waals surface area contributed by atoms with Crippen LogP contribution in [-0.4, -0.2) is 33.0 Å². The molecule has 1 fully saturated rings. The molecule has 1 aliphatic carbocycles. The van der Waals surface area contributed by atoms with E-state index in [1.807, 2.05) is 6.07 Å². The first-order chi connectivity index (χ1) is 6.85. The third-order valence-electron chi connectivity index (χ3n) is 2.45. The molecule has 0 aromatic rings. The van der Waals surface area contributed by atoms with Gasteiger partial charge in [0.1, 0.15) is 9.84 Å². The van der Waals surface area contributed by atoms with E-state index in [9.17, 15) is 13.2 Å². The van der Waals surface area contributed by atoms with Gasteiger partial charge in [-0.05, 0) is 13.3 Å². The van der Waals surface area contributed by atoms with Crippen LogP contribution in [0, 0.1) is 22.7 Å². The third-order valence-corrected chi connectivity index (χ3v) is 3.46. The summed E-state index contributed by atoms with van der Waals surface area (Å²) < 4.78 is 26.8. The summed E-state index contributed by atoms with van der Waals surface area (Å²) in [6.45, 7) is 1.85. The van der Waals surface area contributed by atoms with E-state index in [0.717, 1.165) is 6.26 Å². The van der Waals surface area contributed by atoms with Crippen molar-refractivity contribution in [2.45, 2.75) is 13.3 Å². The minimum absolute atomic E-state index is 0.126. The van der Waals surface area contributed by atoms with E-state index >= 15 is 0 Å². The zero-order valence-electron chi connectivity index (χ0n) is 8.69. The molecule has 1 aliphatic rings. The Bertz CT molecular complexity index is 408. The van der Waals surface area contributed by atoms with Crippen LogP contribution in [0.4, 0.5) is 0 Å². The Kier molecular flexibility index (Phi) is 3.05. The molecule has 15 heavy (non-hydrogen) atoms. The van der Waals surface area contributed by atoms with Gasteiger partial charge in [-0.3, -0.25) is 4.79 Å². The molecule has 0 N–H and O–H groups in total. The molecule has 1 rings (SSSR count). The van der Waals surface area contributed by atoms with Crippen LogP contribution in [-0.2, 0) is 19.4 Å². The van der Waals surface area contributed by atoms with Crippen molar-refractivity contribution in [2.75, 3.05) is 18.6 Å². The molecule has 0 unspecified atom stereocenters. The summed E-state index contributed by atoms with van der Waals surface area (Å²) in [5, 5.41) is 8.88. The lowest BCUT2D eigenvalue weighted by atomic mass is 10.1. The summed E-state index contributed by atoms with van der Waals surface area (Å²) in [5.41, 5.74) is -1.21. The normalized spacial score (nSPS) is 29.3. The van der Waals surface area contributed by atoms with Gasteiger partial charge < -0.3 is 4.74 Å². The summed E-state index contributed by atoms with van der Waals surface area (Å²) in [5.74, 6) is -1.13. The van der Waals surface area contributed by atoms with Crippen LogP contribution in [0.2, 0.25) is 0 Å². The zero-order chi connectivity index (χ0) is 11.7. The lowest BCUT2D eigenvalue weighted by molar-refractivity contribution is -0.147. The minimum atomic E-state index is -3.15. The number of carbonyl (C=O) groups excluding carboxylic acids is 1. The maximum atomic E-state index is 11.4. The molecule has 0 aromatic heterocycles. The second-order valence-corrected chi connectivity index (χ2v) is 5.98. The highest BCUT2D eigenvalue weighted by Crippen LogP contribution is 2.53. The molecule has 1 saturated carbocycles. The van der Waals surface area contributed by atoms with E-state index in [2.05, 4.69) is 0 Å². The molecule has 0 aliphatic heterocycles. The Morgan fingerprint density at radius 1 is 1.67 bits per heavy atom. The fourth-order valence-corrected chi connectivity index (χ4v) is 2.72. The monoisotopic (exact) mass is 231 g/mol. The van der Waals surface area contributed by atoms with Crippen LogP contribution in [0.25, 0.3) is 0 Å². The highest BCUT2D eigenvalue weighted by atomic mass is 32.2. The Morgan fingerprint density at radius 2 is 2.27 bits per heavy atom. The van der Waals surface area contributed by atoms with Crippen LogP contribution >= 0.6 is 0 Å². The van der Waals surface area contributed by atoms with E-state index in [1.165, 1.54) is 0 Å². The molecule has 0 spiro atoms. The Morgan fingerprint density at radius 3 is 2.67 bits per heavy atom. The van der Waals surface area contributed by atoms with E-state index < -0.39 is 27.1 Å². The summed E-state index contributed by atoms with van der Waals surface area (Å²) in [6.07, 6.45) is 1.38. The van der Waals surface area contributed by atoms with Crippen LogP contribution in [0.3, 0.4) is 0 Å². The van der Waals surface area contributed by atoms with E-state index in [-0.39, 0.29) is 18.8 Å². The molecule has 6 heteroatoms. The molecule has 0 radical (unpaired) electrons. The van der Waals surface area contributed by atoms with Crippen molar-refractivity contribution < 1.29 is 17.9 Å². The quantitative estimate of drug-likeness (QED) is 0.642. The zero-order valence-corrected chi connectivity index (χ0v) is 9.50. The number of hydrogen-bond acceptors (Lipinski definition) is 5. The average molecular weight is 231 g/mol. The van der Waals surface area contributed by atoms with Gasteiger partial charge in [-0.15, -0.1) is 0 Å². The smallest absolute Gasteiger partial charge is 0.326 e. The van der Waals surface area contributed by atoms with Crippen LogP contribution in [0.1, 0.15) is 13.3 Å². The van der Waals surface area contributed by atoms with Crippen LogP contribution < -0.4 is 0 Å². The largest absolute Gasteiger partial charge is 0.465 e. The number of nitrogens with zero attached hydrogens (tertiary/aromatic N) is 1. The molecule has 84 valence electrons. The molecule has 0 saturated heterocycles. The van der Waals surface area contributed by atoms with Crippen molar-refractivity contribution in [3.05, 3.63) is 0 Å². The number of carbonyl (C=O) groups is 1.